The third kappa shape index (κ3) is 5.95. The van der Waals surface area contributed by atoms with Crippen molar-refractivity contribution in [2.45, 2.75) is 26.4 Å². The van der Waals surface area contributed by atoms with Gasteiger partial charge in [0.15, 0.2) is 5.11 Å². The van der Waals surface area contributed by atoms with Gasteiger partial charge >= 0.3 is 0 Å². The molecule has 3 aromatic rings. The molecule has 1 aromatic heterocycles. The lowest BCUT2D eigenvalue weighted by molar-refractivity contribution is 0.394. The van der Waals surface area contributed by atoms with Crippen LogP contribution < -0.4 is 10.1 Å². The summed E-state index contributed by atoms with van der Waals surface area (Å²) in [5.74, 6) is 0.843. The molecule has 152 valence electrons. The predicted octanol–water partition coefficient (Wildman–Crippen LogP) is 5.14. The van der Waals surface area contributed by atoms with Crippen LogP contribution in [-0.2, 0) is 13.1 Å². The average molecular weight is 429 g/mol. The minimum Gasteiger partial charge on any atom is -0.497 e. The number of nitrogens with one attached hydrogen (secondary N) is 1. The Bertz CT molecular complexity index is 928. The summed E-state index contributed by atoms with van der Waals surface area (Å²) in [5, 5.41) is 4.77. The second-order valence-electron chi connectivity index (χ2n) is 6.77. The van der Waals surface area contributed by atoms with E-state index >= 15 is 0 Å². The van der Waals surface area contributed by atoms with E-state index < -0.39 is 0 Å². The molecule has 29 heavy (non-hydrogen) atoms. The van der Waals surface area contributed by atoms with Crippen LogP contribution in [0, 0.1) is 6.92 Å². The maximum atomic E-state index is 6.26. The largest absolute Gasteiger partial charge is 0.497 e. The molecular formula is C22H25ClN4OS. The Balaban J connectivity index is 1.70. The van der Waals surface area contributed by atoms with Crippen molar-refractivity contribution in [1.29, 1.82) is 0 Å². The van der Waals surface area contributed by atoms with Crippen LogP contribution in [0.5, 0.6) is 5.75 Å². The topological polar surface area (TPSA) is 42.3 Å². The number of aryl methyl sites for hydroxylation is 1. The quantitative estimate of drug-likeness (QED) is 0.503. The number of hydrogen-bond acceptors (Lipinski definition) is 3. The van der Waals surface area contributed by atoms with E-state index in [1.165, 1.54) is 5.56 Å². The van der Waals surface area contributed by atoms with Crippen molar-refractivity contribution in [3.63, 3.8) is 0 Å². The van der Waals surface area contributed by atoms with Crippen molar-refractivity contribution >= 4 is 34.6 Å². The van der Waals surface area contributed by atoms with Gasteiger partial charge in [-0.1, -0.05) is 29.8 Å². The molecule has 1 heterocycles. The summed E-state index contributed by atoms with van der Waals surface area (Å²) < 4.78 is 7.33. The summed E-state index contributed by atoms with van der Waals surface area (Å²) in [4.78, 5) is 6.27. The third-order valence-corrected chi connectivity index (χ3v) is 5.50. The Morgan fingerprint density at radius 1 is 1.24 bits per heavy atom. The molecule has 0 fully saturated rings. The highest BCUT2D eigenvalue weighted by atomic mass is 35.5. The second-order valence-corrected chi connectivity index (χ2v) is 7.56. The number of imidazole rings is 1. The first-order valence-corrected chi connectivity index (χ1v) is 10.2. The fraction of sp³-hybridized carbons (Fsp3) is 0.273. The van der Waals surface area contributed by atoms with Crippen LogP contribution in [0.1, 0.15) is 17.5 Å². The minimum atomic E-state index is 0.678. The number of anilines is 1. The zero-order valence-corrected chi connectivity index (χ0v) is 18.2. The minimum absolute atomic E-state index is 0.678. The fourth-order valence-electron chi connectivity index (χ4n) is 3.00. The Kier molecular flexibility index (Phi) is 7.49. The van der Waals surface area contributed by atoms with Gasteiger partial charge < -0.3 is 19.5 Å². The number of methoxy groups -OCH3 is 1. The summed E-state index contributed by atoms with van der Waals surface area (Å²) in [5.41, 5.74) is 3.08. The molecule has 0 spiro atoms. The van der Waals surface area contributed by atoms with Crippen LogP contribution in [0.3, 0.4) is 0 Å². The molecule has 0 unspecified atom stereocenters. The van der Waals surface area contributed by atoms with Crippen LogP contribution in [0.25, 0.3) is 0 Å². The van der Waals surface area contributed by atoms with E-state index in [2.05, 4.69) is 31.9 Å². The molecule has 0 atom stereocenters. The average Bonchev–Trinajstić information content (AvgIpc) is 3.24. The lowest BCUT2D eigenvalue weighted by atomic mass is 10.2. The zero-order valence-electron chi connectivity index (χ0n) is 16.6. The van der Waals surface area contributed by atoms with Crippen molar-refractivity contribution in [2.24, 2.45) is 0 Å². The van der Waals surface area contributed by atoms with E-state index in [9.17, 15) is 0 Å². The number of ether oxygens (including phenoxy) is 1. The molecule has 0 aliphatic rings. The monoisotopic (exact) mass is 428 g/mol. The molecular weight excluding hydrogens is 404 g/mol. The molecule has 0 radical (unpaired) electrons. The summed E-state index contributed by atoms with van der Waals surface area (Å²) in [6.07, 6.45) is 6.55. The van der Waals surface area contributed by atoms with Crippen LogP contribution in [0.15, 0.2) is 61.2 Å². The van der Waals surface area contributed by atoms with E-state index in [-0.39, 0.29) is 0 Å². The third-order valence-electron chi connectivity index (χ3n) is 4.73. The van der Waals surface area contributed by atoms with Gasteiger partial charge in [0.25, 0.3) is 0 Å². The molecule has 3 rings (SSSR count). The summed E-state index contributed by atoms with van der Waals surface area (Å²) in [6, 6.07) is 13.9. The molecule has 5 nitrogen and oxygen atoms in total. The standard InChI is InChI=1S/C22H25ClN4OS/c1-17-20(23)5-3-6-21(17)25-22(29)27(13-4-12-26-14-11-24-16-26)15-18-7-9-19(28-2)10-8-18/h3,5-11,14,16H,4,12-13,15H2,1-2H3,(H,25,29). The smallest absolute Gasteiger partial charge is 0.173 e. The molecule has 0 aliphatic heterocycles. The van der Waals surface area contributed by atoms with E-state index in [4.69, 9.17) is 28.6 Å². The van der Waals surface area contributed by atoms with Gasteiger partial charge in [0, 0.05) is 42.7 Å². The molecule has 0 saturated heterocycles. The van der Waals surface area contributed by atoms with Gasteiger partial charge in [0.2, 0.25) is 0 Å². The van der Waals surface area contributed by atoms with Crippen LogP contribution in [0.2, 0.25) is 5.02 Å². The number of nitrogens with zero attached hydrogens (tertiary/aromatic N) is 3. The van der Waals surface area contributed by atoms with Crippen molar-refractivity contribution in [1.82, 2.24) is 14.5 Å². The molecule has 1 N–H and O–H groups in total. The van der Waals surface area contributed by atoms with Gasteiger partial charge in [-0.25, -0.2) is 4.98 Å². The summed E-state index contributed by atoms with van der Waals surface area (Å²) >= 11 is 12.0. The second kappa shape index (κ2) is 10.3. The first-order chi connectivity index (χ1) is 14.1. The van der Waals surface area contributed by atoms with Gasteiger partial charge in [-0.15, -0.1) is 0 Å². The number of hydrogen-bond donors (Lipinski definition) is 1. The molecule has 0 bridgehead atoms. The lowest BCUT2D eigenvalue weighted by Gasteiger charge is -2.27. The fourth-order valence-corrected chi connectivity index (χ4v) is 3.44. The number of thiocarbonyl (C=S) groups is 1. The number of halogens is 1. The first kappa shape index (κ1) is 21.1. The Morgan fingerprint density at radius 3 is 2.72 bits per heavy atom. The maximum absolute atomic E-state index is 6.26. The number of rotatable bonds is 8. The van der Waals surface area contributed by atoms with Crippen molar-refractivity contribution in [3.05, 3.63) is 77.3 Å². The molecule has 0 aliphatic carbocycles. The molecule has 0 saturated carbocycles. The van der Waals surface area contributed by atoms with Gasteiger partial charge in [0.05, 0.1) is 13.4 Å². The van der Waals surface area contributed by atoms with Gasteiger partial charge in [0.1, 0.15) is 5.75 Å². The van der Waals surface area contributed by atoms with E-state index in [1.807, 2.05) is 49.8 Å². The maximum Gasteiger partial charge on any atom is 0.173 e. The predicted molar refractivity (Wildman–Crippen MR) is 123 cm³/mol. The zero-order chi connectivity index (χ0) is 20.6. The number of aromatic nitrogens is 2. The Morgan fingerprint density at radius 2 is 2.03 bits per heavy atom. The first-order valence-electron chi connectivity index (χ1n) is 9.46. The Hall–Kier alpha value is -2.57. The van der Waals surface area contributed by atoms with Crippen LogP contribution in [0.4, 0.5) is 5.69 Å². The van der Waals surface area contributed by atoms with Crippen LogP contribution in [-0.4, -0.2) is 33.2 Å². The normalized spacial score (nSPS) is 10.6. The van der Waals surface area contributed by atoms with Gasteiger partial charge in [-0.05, 0) is 61.0 Å². The SMILES string of the molecule is COc1ccc(CN(CCCn2ccnc2)C(=S)Nc2cccc(Cl)c2C)cc1. The highest BCUT2D eigenvalue weighted by molar-refractivity contribution is 7.80. The van der Waals surface area contributed by atoms with Crippen LogP contribution >= 0.6 is 23.8 Å². The van der Waals surface area contributed by atoms with E-state index in [1.54, 1.807) is 13.3 Å². The Labute approximate surface area is 182 Å². The van der Waals surface area contributed by atoms with Crippen molar-refractivity contribution in [2.75, 3.05) is 19.0 Å². The van der Waals surface area contributed by atoms with Crippen molar-refractivity contribution in [3.8, 4) is 5.75 Å². The van der Waals surface area contributed by atoms with E-state index in [0.717, 1.165) is 41.5 Å². The number of benzene rings is 2. The van der Waals surface area contributed by atoms with E-state index in [0.29, 0.717) is 11.7 Å². The summed E-state index contributed by atoms with van der Waals surface area (Å²) in [7, 11) is 1.67. The highest BCUT2D eigenvalue weighted by Crippen LogP contribution is 2.23. The van der Waals surface area contributed by atoms with Gasteiger partial charge in [-0.2, -0.15) is 0 Å². The molecule has 2 aromatic carbocycles. The summed E-state index contributed by atoms with van der Waals surface area (Å²) in [6.45, 7) is 4.40. The molecule has 7 heteroatoms. The highest BCUT2D eigenvalue weighted by Gasteiger charge is 2.13. The lowest BCUT2D eigenvalue weighted by Crippen LogP contribution is -2.35. The van der Waals surface area contributed by atoms with Gasteiger partial charge in [-0.3, -0.25) is 0 Å². The molecule has 0 amide bonds. The van der Waals surface area contributed by atoms with Crippen molar-refractivity contribution < 1.29 is 4.74 Å².